The first-order valence-corrected chi connectivity index (χ1v) is 12.9. The summed E-state index contributed by atoms with van der Waals surface area (Å²) in [5.74, 6) is -0.640. The summed E-state index contributed by atoms with van der Waals surface area (Å²) >= 11 is 6.27. The number of hydrogen-bond acceptors (Lipinski definition) is 4. The van der Waals surface area contributed by atoms with Gasteiger partial charge in [-0.1, -0.05) is 48.6 Å². The fourth-order valence-corrected chi connectivity index (χ4v) is 4.54. The Hall–Kier alpha value is -3.84. The van der Waals surface area contributed by atoms with Gasteiger partial charge in [-0.25, -0.2) is 0 Å². The van der Waals surface area contributed by atoms with Gasteiger partial charge in [-0.05, 0) is 74.4 Å². The zero-order valence-corrected chi connectivity index (χ0v) is 21.5. The summed E-state index contributed by atoms with van der Waals surface area (Å²) in [6, 6.07) is 19.5. The molecule has 37 heavy (non-hydrogen) atoms. The highest BCUT2D eigenvalue weighted by Crippen LogP contribution is 2.23. The number of anilines is 3. The van der Waals surface area contributed by atoms with E-state index in [-0.39, 0.29) is 30.3 Å². The lowest BCUT2D eigenvalue weighted by Crippen LogP contribution is -2.36. The number of carbonyl (C=O) groups is 3. The molecule has 1 aliphatic carbocycles. The maximum Gasteiger partial charge on any atom is 0.255 e. The van der Waals surface area contributed by atoms with Crippen LogP contribution in [0.4, 0.5) is 17.1 Å². The second-order valence-corrected chi connectivity index (χ2v) is 9.71. The van der Waals surface area contributed by atoms with E-state index in [1.807, 2.05) is 25.1 Å². The Morgan fingerprint density at radius 2 is 1.49 bits per heavy atom. The minimum Gasteiger partial charge on any atom is -0.376 e. The van der Waals surface area contributed by atoms with Crippen molar-refractivity contribution in [3.05, 3.63) is 88.4 Å². The van der Waals surface area contributed by atoms with E-state index in [0.29, 0.717) is 33.2 Å². The lowest BCUT2D eigenvalue weighted by Gasteiger charge is -2.23. The van der Waals surface area contributed by atoms with Gasteiger partial charge in [0.25, 0.3) is 11.8 Å². The van der Waals surface area contributed by atoms with Gasteiger partial charge < -0.3 is 21.3 Å². The maximum absolute atomic E-state index is 12.7. The fraction of sp³-hybridized carbons (Fsp3) is 0.276. The molecule has 3 amide bonds. The van der Waals surface area contributed by atoms with Crippen molar-refractivity contribution in [2.75, 3.05) is 22.5 Å². The molecule has 3 aromatic rings. The standard InChI is InChI=1S/C29H31ClN4O3/c1-19-6-5-7-20(16-19)28(36)33-23-12-10-22(11-13-23)32-27(35)18-31-24-14-15-26(30)25(17-24)29(37)34-21-8-3-2-4-9-21/h5-7,10-17,21,31H,2-4,8-9,18H2,1H3,(H,32,35)(H,33,36)(H,34,37). The molecule has 0 atom stereocenters. The van der Waals surface area contributed by atoms with Crippen LogP contribution in [0.5, 0.6) is 0 Å². The number of halogens is 1. The molecule has 0 heterocycles. The Balaban J connectivity index is 1.28. The van der Waals surface area contributed by atoms with Crippen LogP contribution in [0.3, 0.4) is 0 Å². The Kier molecular flexibility index (Phi) is 8.80. The minimum atomic E-state index is -0.250. The van der Waals surface area contributed by atoms with Crippen molar-refractivity contribution in [3.63, 3.8) is 0 Å². The van der Waals surface area contributed by atoms with E-state index in [2.05, 4.69) is 21.3 Å². The van der Waals surface area contributed by atoms with Crippen LogP contribution in [-0.2, 0) is 4.79 Å². The van der Waals surface area contributed by atoms with Crippen molar-refractivity contribution in [1.29, 1.82) is 0 Å². The Morgan fingerprint density at radius 3 is 2.19 bits per heavy atom. The summed E-state index contributed by atoms with van der Waals surface area (Å²) in [6.07, 6.45) is 5.44. The molecule has 4 rings (SSSR count). The van der Waals surface area contributed by atoms with E-state index in [9.17, 15) is 14.4 Å². The van der Waals surface area contributed by atoms with Crippen LogP contribution >= 0.6 is 11.6 Å². The number of benzene rings is 3. The Morgan fingerprint density at radius 1 is 0.811 bits per heavy atom. The van der Waals surface area contributed by atoms with Gasteiger partial charge in [-0.2, -0.15) is 0 Å². The summed E-state index contributed by atoms with van der Waals surface area (Å²) in [6.45, 7) is 1.95. The van der Waals surface area contributed by atoms with Crippen molar-refractivity contribution < 1.29 is 14.4 Å². The van der Waals surface area contributed by atoms with Gasteiger partial charge in [0.1, 0.15) is 0 Å². The normalized spacial score (nSPS) is 13.5. The van der Waals surface area contributed by atoms with E-state index in [1.165, 1.54) is 6.42 Å². The number of rotatable bonds is 8. The number of carbonyl (C=O) groups excluding carboxylic acids is 3. The Labute approximate surface area is 222 Å². The molecule has 4 N–H and O–H groups in total. The van der Waals surface area contributed by atoms with Crippen LogP contribution in [0.15, 0.2) is 66.7 Å². The Bertz CT molecular complexity index is 1270. The molecular formula is C29H31ClN4O3. The lowest BCUT2D eigenvalue weighted by atomic mass is 9.95. The molecule has 8 heteroatoms. The zero-order chi connectivity index (χ0) is 26.2. The second kappa shape index (κ2) is 12.4. The topological polar surface area (TPSA) is 99.3 Å². The molecule has 0 saturated heterocycles. The molecule has 3 aromatic carbocycles. The first kappa shape index (κ1) is 26.2. The highest BCUT2D eigenvalue weighted by atomic mass is 35.5. The van der Waals surface area contributed by atoms with Crippen molar-refractivity contribution in [2.24, 2.45) is 0 Å². The van der Waals surface area contributed by atoms with E-state index >= 15 is 0 Å². The number of amides is 3. The van der Waals surface area contributed by atoms with Crippen molar-refractivity contribution in [1.82, 2.24) is 5.32 Å². The van der Waals surface area contributed by atoms with Gasteiger partial charge in [0.15, 0.2) is 0 Å². The van der Waals surface area contributed by atoms with Crippen LogP contribution in [-0.4, -0.2) is 30.3 Å². The maximum atomic E-state index is 12.7. The first-order chi connectivity index (χ1) is 17.9. The third-order valence-electron chi connectivity index (χ3n) is 6.31. The van der Waals surface area contributed by atoms with Crippen LogP contribution in [0.1, 0.15) is 58.4 Å². The first-order valence-electron chi connectivity index (χ1n) is 12.5. The summed E-state index contributed by atoms with van der Waals surface area (Å²) in [5, 5.41) is 12.2. The molecule has 0 aromatic heterocycles. The molecule has 0 aliphatic heterocycles. The van der Waals surface area contributed by atoms with Gasteiger partial charge in [0, 0.05) is 28.7 Å². The van der Waals surface area contributed by atoms with Crippen LogP contribution < -0.4 is 21.3 Å². The molecule has 7 nitrogen and oxygen atoms in total. The lowest BCUT2D eigenvalue weighted by molar-refractivity contribution is -0.114. The largest absolute Gasteiger partial charge is 0.376 e. The van der Waals surface area contributed by atoms with Crippen molar-refractivity contribution in [3.8, 4) is 0 Å². The average molecular weight is 519 g/mol. The number of hydrogen-bond donors (Lipinski definition) is 4. The molecule has 1 fully saturated rings. The van der Waals surface area contributed by atoms with Crippen LogP contribution in [0, 0.1) is 6.92 Å². The molecule has 0 bridgehead atoms. The monoisotopic (exact) mass is 518 g/mol. The minimum absolute atomic E-state index is 0.0111. The molecule has 0 radical (unpaired) electrons. The smallest absolute Gasteiger partial charge is 0.255 e. The molecule has 192 valence electrons. The molecular weight excluding hydrogens is 488 g/mol. The van der Waals surface area contributed by atoms with Crippen molar-refractivity contribution >= 4 is 46.4 Å². The van der Waals surface area contributed by atoms with E-state index in [1.54, 1.807) is 48.5 Å². The van der Waals surface area contributed by atoms with Gasteiger partial charge in [-0.15, -0.1) is 0 Å². The van der Waals surface area contributed by atoms with Crippen molar-refractivity contribution in [2.45, 2.75) is 45.1 Å². The van der Waals surface area contributed by atoms with Gasteiger partial charge in [0.05, 0.1) is 17.1 Å². The van der Waals surface area contributed by atoms with E-state index < -0.39 is 0 Å². The zero-order valence-electron chi connectivity index (χ0n) is 20.8. The fourth-order valence-electron chi connectivity index (χ4n) is 4.33. The molecule has 1 saturated carbocycles. The molecule has 1 aliphatic rings. The SMILES string of the molecule is Cc1cccc(C(=O)Nc2ccc(NC(=O)CNc3ccc(Cl)c(C(=O)NC4CCCCC4)c3)cc2)c1. The molecule has 0 spiro atoms. The third kappa shape index (κ3) is 7.57. The predicted molar refractivity (Wildman–Crippen MR) is 148 cm³/mol. The summed E-state index contributed by atoms with van der Waals surface area (Å²) in [5.41, 5.74) is 3.84. The van der Waals surface area contributed by atoms with E-state index in [4.69, 9.17) is 11.6 Å². The van der Waals surface area contributed by atoms with Gasteiger partial charge >= 0.3 is 0 Å². The summed E-state index contributed by atoms with van der Waals surface area (Å²) < 4.78 is 0. The number of nitrogens with one attached hydrogen (secondary N) is 4. The molecule has 0 unspecified atom stereocenters. The highest BCUT2D eigenvalue weighted by Gasteiger charge is 2.19. The third-order valence-corrected chi connectivity index (χ3v) is 6.64. The van der Waals surface area contributed by atoms with Gasteiger partial charge in [0.2, 0.25) is 5.91 Å². The van der Waals surface area contributed by atoms with Crippen LogP contribution in [0.2, 0.25) is 5.02 Å². The summed E-state index contributed by atoms with van der Waals surface area (Å²) in [4.78, 5) is 37.6. The second-order valence-electron chi connectivity index (χ2n) is 9.31. The highest BCUT2D eigenvalue weighted by molar-refractivity contribution is 6.34. The average Bonchev–Trinajstić information content (AvgIpc) is 2.90. The van der Waals surface area contributed by atoms with Crippen LogP contribution in [0.25, 0.3) is 0 Å². The van der Waals surface area contributed by atoms with Gasteiger partial charge in [-0.3, -0.25) is 14.4 Å². The predicted octanol–water partition coefficient (Wildman–Crippen LogP) is 6.01. The summed E-state index contributed by atoms with van der Waals surface area (Å²) in [7, 11) is 0. The van der Waals surface area contributed by atoms with E-state index in [0.717, 1.165) is 31.2 Å². The number of aryl methyl sites for hydroxylation is 1. The quantitative estimate of drug-likeness (QED) is 0.293.